The second kappa shape index (κ2) is 5.22. The van der Waals surface area contributed by atoms with Crippen molar-refractivity contribution in [2.75, 3.05) is 5.32 Å². The number of amides is 1. The quantitative estimate of drug-likeness (QED) is 0.913. The van der Waals surface area contributed by atoms with Crippen molar-refractivity contribution in [3.63, 3.8) is 0 Å². The van der Waals surface area contributed by atoms with Crippen molar-refractivity contribution in [2.24, 2.45) is 0 Å². The lowest BCUT2D eigenvalue weighted by Crippen LogP contribution is -2.34. The Morgan fingerprint density at radius 3 is 2.47 bits per heavy atom. The largest absolute Gasteiger partial charge is 0.310 e. The van der Waals surface area contributed by atoms with Crippen molar-refractivity contribution in [1.29, 1.82) is 0 Å². The number of nitrogens with one attached hydrogen (secondary N) is 1. The van der Waals surface area contributed by atoms with Crippen molar-refractivity contribution in [3.05, 3.63) is 59.8 Å². The van der Waals surface area contributed by atoms with Crippen LogP contribution in [-0.4, -0.2) is 10.9 Å². The molecule has 0 bridgehead atoms. The highest BCUT2D eigenvalue weighted by molar-refractivity contribution is 5.97. The monoisotopic (exact) mass is 254 g/mol. The predicted octanol–water partition coefficient (Wildman–Crippen LogP) is 3.31. The molecule has 0 aliphatic heterocycles. The van der Waals surface area contributed by atoms with Crippen LogP contribution in [0, 0.1) is 6.92 Å². The van der Waals surface area contributed by atoms with E-state index >= 15 is 0 Å². The summed E-state index contributed by atoms with van der Waals surface area (Å²) in [6, 6.07) is 13.5. The first kappa shape index (κ1) is 13.3. The molecule has 98 valence electrons. The molecular weight excluding hydrogens is 236 g/mol. The van der Waals surface area contributed by atoms with Gasteiger partial charge in [0.05, 0.1) is 5.41 Å². The van der Waals surface area contributed by atoms with Gasteiger partial charge in [-0.05, 0) is 44.0 Å². The second-order valence-corrected chi connectivity index (χ2v) is 5.16. The number of pyridine rings is 1. The molecule has 0 fully saturated rings. The van der Waals surface area contributed by atoms with Gasteiger partial charge >= 0.3 is 0 Å². The summed E-state index contributed by atoms with van der Waals surface area (Å²) in [5.74, 6) is 0.533. The highest BCUT2D eigenvalue weighted by Crippen LogP contribution is 2.24. The zero-order chi connectivity index (χ0) is 13.9. The molecule has 3 nitrogen and oxygen atoms in total. The maximum absolute atomic E-state index is 12.4. The fourth-order valence-corrected chi connectivity index (χ4v) is 1.86. The van der Waals surface area contributed by atoms with Crippen molar-refractivity contribution in [2.45, 2.75) is 26.2 Å². The second-order valence-electron chi connectivity index (χ2n) is 5.16. The van der Waals surface area contributed by atoms with Crippen LogP contribution in [0.5, 0.6) is 0 Å². The van der Waals surface area contributed by atoms with E-state index in [1.54, 1.807) is 6.20 Å². The van der Waals surface area contributed by atoms with E-state index in [0.717, 1.165) is 11.1 Å². The van der Waals surface area contributed by atoms with Gasteiger partial charge in [-0.1, -0.05) is 30.3 Å². The maximum Gasteiger partial charge on any atom is 0.235 e. The Bertz CT molecular complexity index is 576. The molecule has 0 unspecified atom stereocenters. The SMILES string of the molecule is Cc1ccnc(NC(=O)C(C)(C)c2ccccc2)c1. The molecule has 0 atom stereocenters. The zero-order valence-corrected chi connectivity index (χ0v) is 11.5. The van der Waals surface area contributed by atoms with Gasteiger partial charge in [0.1, 0.15) is 5.82 Å². The van der Waals surface area contributed by atoms with Gasteiger partial charge in [-0.25, -0.2) is 4.98 Å². The summed E-state index contributed by atoms with van der Waals surface area (Å²) < 4.78 is 0. The van der Waals surface area contributed by atoms with Crippen molar-refractivity contribution in [3.8, 4) is 0 Å². The predicted molar refractivity (Wildman–Crippen MR) is 77.1 cm³/mol. The highest BCUT2D eigenvalue weighted by Gasteiger charge is 2.29. The van der Waals surface area contributed by atoms with Crippen LogP contribution < -0.4 is 5.32 Å². The molecule has 0 aliphatic rings. The summed E-state index contributed by atoms with van der Waals surface area (Å²) in [7, 11) is 0. The lowest BCUT2D eigenvalue weighted by Gasteiger charge is -2.23. The van der Waals surface area contributed by atoms with E-state index in [1.807, 2.05) is 63.2 Å². The molecule has 2 aromatic rings. The average Bonchev–Trinajstić information content (AvgIpc) is 2.39. The van der Waals surface area contributed by atoms with Crippen LogP contribution in [0.4, 0.5) is 5.82 Å². The summed E-state index contributed by atoms with van der Waals surface area (Å²) in [6.07, 6.45) is 1.69. The molecule has 1 aromatic carbocycles. The average molecular weight is 254 g/mol. The normalized spacial score (nSPS) is 11.1. The zero-order valence-electron chi connectivity index (χ0n) is 11.5. The molecule has 3 heteroatoms. The standard InChI is InChI=1S/C16H18N2O/c1-12-9-10-17-14(11-12)18-15(19)16(2,3)13-7-5-4-6-8-13/h4-11H,1-3H3,(H,17,18,19). The Labute approximate surface area is 113 Å². The van der Waals surface area contributed by atoms with Crippen LogP contribution >= 0.6 is 0 Å². The van der Waals surface area contributed by atoms with Gasteiger partial charge in [-0.15, -0.1) is 0 Å². The number of benzene rings is 1. The van der Waals surface area contributed by atoms with Crippen molar-refractivity contribution < 1.29 is 4.79 Å². The molecule has 0 radical (unpaired) electrons. The minimum atomic E-state index is -0.591. The molecule has 0 aliphatic carbocycles. The van der Waals surface area contributed by atoms with Gasteiger partial charge in [-0.2, -0.15) is 0 Å². The number of nitrogens with zero attached hydrogens (tertiary/aromatic N) is 1. The molecule has 19 heavy (non-hydrogen) atoms. The molecule has 1 amide bonds. The first-order valence-electron chi connectivity index (χ1n) is 6.30. The van der Waals surface area contributed by atoms with Crippen molar-refractivity contribution >= 4 is 11.7 Å². The minimum Gasteiger partial charge on any atom is -0.310 e. The summed E-state index contributed by atoms with van der Waals surface area (Å²) in [5.41, 5.74) is 1.47. The van der Waals surface area contributed by atoms with E-state index in [4.69, 9.17) is 0 Å². The number of hydrogen-bond acceptors (Lipinski definition) is 2. The molecule has 0 saturated heterocycles. The first-order chi connectivity index (χ1) is 9.00. The van der Waals surface area contributed by atoms with Crippen LogP contribution in [0.25, 0.3) is 0 Å². The number of carbonyl (C=O) groups excluding carboxylic acids is 1. The van der Waals surface area contributed by atoms with Crippen LogP contribution in [0.1, 0.15) is 25.0 Å². The van der Waals surface area contributed by atoms with Gasteiger partial charge in [0.25, 0.3) is 0 Å². The van der Waals surface area contributed by atoms with E-state index in [9.17, 15) is 4.79 Å². The topological polar surface area (TPSA) is 42.0 Å². The summed E-state index contributed by atoms with van der Waals surface area (Å²) in [4.78, 5) is 16.5. The number of carbonyl (C=O) groups is 1. The minimum absolute atomic E-state index is 0.0585. The molecule has 1 heterocycles. The Morgan fingerprint density at radius 2 is 1.84 bits per heavy atom. The lowest BCUT2D eigenvalue weighted by molar-refractivity contribution is -0.120. The summed E-state index contributed by atoms with van der Waals surface area (Å²) in [6.45, 7) is 5.79. The van der Waals surface area contributed by atoms with Crippen LogP contribution in [0.2, 0.25) is 0 Å². The van der Waals surface area contributed by atoms with E-state index in [1.165, 1.54) is 0 Å². The van der Waals surface area contributed by atoms with Gasteiger partial charge in [0.15, 0.2) is 0 Å². The van der Waals surface area contributed by atoms with E-state index in [0.29, 0.717) is 5.82 Å². The first-order valence-corrected chi connectivity index (χ1v) is 6.30. The highest BCUT2D eigenvalue weighted by atomic mass is 16.2. The summed E-state index contributed by atoms with van der Waals surface area (Å²) >= 11 is 0. The van der Waals surface area contributed by atoms with E-state index in [2.05, 4.69) is 10.3 Å². The molecule has 0 saturated carbocycles. The van der Waals surface area contributed by atoms with Gasteiger partial charge in [0, 0.05) is 6.20 Å². The Hall–Kier alpha value is -2.16. The summed E-state index contributed by atoms with van der Waals surface area (Å²) in [5, 5.41) is 2.87. The smallest absolute Gasteiger partial charge is 0.235 e. The Morgan fingerprint density at radius 1 is 1.16 bits per heavy atom. The van der Waals surface area contributed by atoms with Crippen molar-refractivity contribution in [1.82, 2.24) is 4.98 Å². The fraction of sp³-hybridized carbons (Fsp3) is 0.250. The van der Waals surface area contributed by atoms with Gasteiger partial charge in [0.2, 0.25) is 5.91 Å². The number of hydrogen-bond donors (Lipinski definition) is 1. The third-order valence-electron chi connectivity index (χ3n) is 3.22. The fourth-order valence-electron chi connectivity index (χ4n) is 1.86. The van der Waals surface area contributed by atoms with E-state index in [-0.39, 0.29) is 5.91 Å². The maximum atomic E-state index is 12.4. The third-order valence-corrected chi connectivity index (χ3v) is 3.22. The van der Waals surface area contributed by atoms with Crippen LogP contribution in [0.15, 0.2) is 48.7 Å². The molecule has 1 aromatic heterocycles. The van der Waals surface area contributed by atoms with Crippen LogP contribution in [0.3, 0.4) is 0 Å². The lowest BCUT2D eigenvalue weighted by atomic mass is 9.84. The molecular formula is C16H18N2O. The Balaban J connectivity index is 2.20. The van der Waals surface area contributed by atoms with Gasteiger partial charge < -0.3 is 5.32 Å². The Kier molecular flexibility index (Phi) is 3.65. The van der Waals surface area contributed by atoms with E-state index < -0.39 is 5.41 Å². The number of aryl methyl sites for hydroxylation is 1. The van der Waals surface area contributed by atoms with Crippen LogP contribution in [-0.2, 0) is 10.2 Å². The van der Waals surface area contributed by atoms with Gasteiger partial charge in [-0.3, -0.25) is 4.79 Å². The molecule has 0 spiro atoms. The molecule has 1 N–H and O–H groups in total. The number of anilines is 1. The molecule has 2 rings (SSSR count). The number of aromatic nitrogens is 1. The number of rotatable bonds is 3. The third kappa shape index (κ3) is 2.99.